The SMILES string of the molecule is O=C(c1ccccc1)N1C[C@@H](O)N(c2ccc(Cl)cc2)C1=S. The lowest BCUT2D eigenvalue weighted by Crippen LogP contribution is -2.37. The molecular weight excluding hydrogens is 320 g/mol. The van der Waals surface area contributed by atoms with Crippen molar-refractivity contribution in [3.8, 4) is 0 Å². The molecule has 2 aromatic rings. The highest BCUT2D eigenvalue weighted by Gasteiger charge is 2.37. The normalized spacial score (nSPS) is 17.9. The third-order valence-electron chi connectivity index (χ3n) is 3.45. The number of thiocarbonyl (C=S) groups is 1. The summed E-state index contributed by atoms with van der Waals surface area (Å²) in [5.74, 6) is -0.221. The smallest absolute Gasteiger partial charge is 0.260 e. The second kappa shape index (κ2) is 6.04. The minimum Gasteiger partial charge on any atom is -0.371 e. The Labute approximate surface area is 138 Å². The van der Waals surface area contributed by atoms with Gasteiger partial charge in [0, 0.05) is 16.3 Å². The van der Waals surface area contributed by atoms with Crippen molar-refractivity contribution in [1.82, 2.24) is 4.90 Å². The van der Waals surface area contributed by atoms with Crippen molar-refractivity contribution in [1.29, 1.82) is 0 Å². The maximum atomic E-state index is 12.5. The van der Waals surface area contributed by atoms with Crippen LogP contribution in [0.2, 0.25) is 5.02 Å². The Morgan fingerprint density at radius 2 is 1.77 bits per heavy atom. The van der Waals surface area contributed by atoms with Crippen molar-refractivity contribution in [2.45, 2.75) is 6.23 Å². The molecular formula is C16H13ClN2O2S. The number of benzene rings is 2. The molecule has 1 saturated heterocycles. The van der Waals surface area contributed by atoms with Gasteiger partial charge in [0.1, 0.15) is 0 Å². The van der Waals surface area contributed by atoms with Crippen LogP contribution >= 0.6 is 23.8 Å². The lowest BCUT2D eigenvalue weighted by atomic mass is 10.2. The Morgan fingerprint density at radius 3 is 2.41 bits per heavy atom. The Balaban J connectivity index is 1.87. The molecule has 1 amide bonds. The predicted molar refractivity (Wildman–Crippen MR) is 90.0 cm³/mol. The summed E-state index contributed by atoms with van der Waals surface area (Å²) in [6, 6.07) is 15.8. The van der Waals surface area contributed by atoms with E-state index < -0.39 is 6.23 Å². The van der Waals surface area contributed by atoms with Crippen molar-refractivity contribution >= 4 is 40.5 Å². The van der Waals surface area contributed by atoms with Gasteiger partial charge in [-0.1, -0.05) is 29.8 Å². The number of amides is 1. The van der Waals surface area contributed by atoms with Crippen LogP contribution in [0.1, 0.15) is 10.4 Å². The number of rotatable bonds is 2. The third kappa shape index (κ3) is 2.70. The minimum absolute atomic E-state index is 0.134. The maximum Gasteiger partial charge on any atom is 0.260 e. The van der Waals surface area contributed by atoms with Crippen LogP contribution < -0.4 is 4.90 Å². The molecule has 0 bridgehead atoms. The highest BCUT2D eigenvalue weighted by Crippen LogP contribution is 2.26. The molecule has 1 heterocycles. The van der Waals surface area contributed by atoms with E-state index in [1.165, 1.54) is 4.90 Å². The summed E-state index contributed by atoms with van der Waals surface area (Å²) in [6.45, 7) is 0.134. The van der Waals surface area contributed by atoms with Gasteiger partial charge in [-0.3, -0.25) is 14.6 Å². The van der Waals surface area contributed by atoms with Crippen LogP contribution in [0, 0.1) is 0 Å². The number of carbonyl (C=O) groups is 1. The molecule has 0 aromatic heterocycles. The molecule has 1 aliphatic rings. The van der Waals surface area contributed by atoms with Crippen molar-refractivity contribution in [3.05, 3.63) is 65.2 Å². The monoisotopic (exact) mass is 332 g/mol. The molecule has 0 spiro atoms. The molecule has 1 fully saturated rings. The number of β-amino-alcohol motifs (C(OH)–C–C–N with tert-alkyl or cyclic N) is 1. The molecule has 4 nitrogen and oxygen atoms in total. The average Bonchev–Trinajstić information content (AvgIpc) is 2.83. The molecule has 0 radical (unpaired) electrons. The standard InChI is InChI=1S/C16H13ClN2O2S/c17-12-6-8-13(9-7-12)19-14(20)10-18(16(19)22)15(21)11-4-2-1-3-5-11/h1-9,14,20H,10H2/t14-/m1/s1. The first-order valence-corrected chi connectivity index (χ1v) is 7.50. The van der Waals surface area contributed by atoms with Gasteiger partial charge < -0.3 is 5.11 Å². The van der Waals surface area contributed by atoms with Crippen LogP contribution in [0.5, 0.6) is 0 Å². The van der Waals surface area contributed by atoms with Crippen LogP contribution in [0.25, 0.3) is 0 Å². The highest BCUT2D eigenvalue weighted by molar-refractivity contribution is 7.80. The summed E-state index contributed by atoms with van der Waals surface area (Å²) in [6.07, 6.45) is -0.874. The molecule has 0 unspecified atom stereocenters. The van der Waals surface area contributed by atoms with Crippen molar-refractivity contribution in [2.75, 3.05) is 11.4 Å². The van der Waals surface area contributed by atoms with E-state index in [4.69, 9.17) is 23.8 Å². The molecule has 2 aromatic carbocycles. The minimum atomic E-state index is -0.874. The van der Waals surface area contributed by atoms with Crippen LogP contribution in [0.15, 0.2) is 54.6 Å². The van der Waals surface area contributed by atoms with Crippen LogP contribution in [-0.2, 0) is 0 Å². The lowest BCUT2D eigenvalue weighted by molar-refractivity contribution is 0.0821. The number of aliphatic hydroxyl groups is 1. The second-order valence-electron chi connectivity index (χ2n) is 4.89. The zero-order valence-corrected chi connectivity index (χ0v) is 13.1. The first-order chi connectivity index (χ1) is 10.6. The molecule has 0 aliphatic carbocycles. The van der Waals surface area contributed by atoms with Gasteiger partial charge in [-0.15, -0.1) is 0 Å². The predicted octanol–water partition coefficient (Wildman–Crippen LogP) is 2.91. The zero-order valence-electron chi connectivity index (χ0n) is 11.5. The number of carbonyl (C=O) groups excluding carboxylic acids is 1. The van der Waals surface area contributed by atoms with E-state index in [0.717, 1.165) is 0 Å². The highest BCUT2D eigenvalue weighted by atomic mass is 35.5. The summed E-state index contributed by atoms with van der Waals surface area (Å²) in [7, 11) is 0. The fourth-order valence-corrected chi connectivity index (χ4v) is 2.88. The average molecular weight is 333 g/mol. The molecule has 0 saturated carbocycles. The van der Waals surface area contributed by atoms with Gasteiger partial charge in [-0.25, -0.2) is 0 Å². The summed E-state index contributed by atoms with van der Waals surface area (Å²) in [4.78, 5) is 15.5. The number of anilines is 1. The van der Waals surface area contributed by atoms with Crippen molar-refractivity contribution in [2.24, 2.45) is 0 Å². The van der Waals surface area contributed by atoms with Gasteiger partial charge in [-0.2, -0.15) is 0 Å². The fourth-order valence-electron chi connectivity index (χ4n) is 2.37. The number of nitrogens with zero attached hydrogens (tertiary/aromatic N) is 2. The van der Waals surface area contributed by atoms with E-state index in [2.05, 4.69) is 0 Å². The number of halogens is 1. The third-order valence-corrected chi connectivity index (χ3v) is 4.12. The van der Waals surface area contributed by atoms with E-state index in [9.17, 15) is 9.90 Å². The Kier molecular flexibility index (Phi) is 4.11. The van der Waals surface area contributed by atoms with Gasteiger partial charge in [0.25, 0.3) is 5.91 Å². The number of hydrogen-bond donors (Lipinski definition) is 1. The molecule has 3 rings (SSSR count). The molecule has 1 aliphatic heterocycles. The molecule has 22 heavy (non-hydrogen) atoms. The molecule has 1 N–H and O–H groups in total. The lowest BCUT2D eigenvalue weighted by Gasteiger charge is -2.22. The second-order valence-corrected chi connectivity index (χ2v) is 5.69. The first-order valence-electron chi connectivity index (χ1n) is 6.71. The molecule has 6 heteroatoms. The van der Waals surface area contributed by atoms with Crippen LogP contribution in [-0.4, -0.2) is 33.8 Å². The number of aliphatic hydroxyl groups excluding tert-OH is 1. The van der Waals surface area contributed by atoms with E-state index in [0.29, 0.717) is 16.3 Å². The summed E-state index contributed by atoms with van der Waals surface area (Å²) < 4.78 is 0. The number of hydrogen-bond acceptors (Lipinski definition) is 3. The first kappa shape index (κ1) is 15.0. The summed E-state index contributed by atoms with van der Waals surface area (Å²) in [5, 5.41) is 11.1. The topological polar surface area (TPSA) is 43.8 Å². The fraction of sp³-hybridized carbons (Fsp3) is 0.125. The van der Waals surface area contributed by atoms with Gasteiger partial charge in [0.15, 0.2) is 11.3 Å². The van der Waals surface area contributed by atoms with Crippen molar-refractivity contribution in [3.63, 3.8) is 0 Å². The molecule has 112 valence electrons. The van der Waals surface area contributed by atoms with E-state index in [1.807, 2.05) is 6.07 Å². The Bertz CT molecular complexity index is 706. The largest absolute Gasteiger partial charge is 0.371 e. The quantitative estimate of drug-likeness (QED) is 0.859. The van der Waals surface area contributed by atoms with Gasteiger partial charge in [-0.05, 0) is 48.6 Å². The zero-order chi connectivity index (χ0) is 15.7. The van der Waals surface area contributed by atoms with Crippen LogP contribution in [0.4, 0.5) is 5.69 Å². The van der Waals surface area contributed by atoms with Crippen LogP contribution in [0.3, 0.4) is 0 Å². The van der Waals surface area contributed by atoms with Gasteiger partial charge >= 0.3 is 0 Å². The van der Waals surface area contributed by atoms with E-state index in [1.54, 1.807) is 53.4 Å². The van der Waals surface area contributed by atoms with E-state index in [-0.39, 0.29) is 17.6 Å². The van der Waals surface area contributed by atoms with Crippen molar-refractivity contribution < 1.29 is 9.90 Å². The summed E-state index contributed by atoms with van der Waals surface area (Å²) >= 11 is 11.2. The Hall–Kier alpha value is -1.95. The van der Waals surface area contributed by atoms with Gasteiger partial charge in [0.2, 0.25) is 0 Å². The van der Waals surface area contributed by atoms with Gasteiger partial charge in [0.05, 0.1) is 6.54 Å². The summed E-state index contributed by atoms with van der Waals surface area (Å²) in [5.41, 5.74) is 1.24. The maximum absolute atomic E-state index is 12.5. The molecule has 1 atom stereocenters. The van der Waals surface area contributed by atoms with E-state index >= 15 is 0 Å². The Morgan fingerprint density at radius 1 is 1.14 bits per heavy atom.